The minimum atomic E-state index is -0.232. The highest BCUT2D eigenvalue weighted by Gasteiger charge is 2.31. The van der Waals surface area contributed by atoms with Crippen LogP contribution in [0, 0.1) is 5.41 Å². The Kier molecular flexibility index (Phi) is 4.88. The highest BCUT2D eigenvalue weighted by molar-refractivity contribution is 5.81. The van der Waals surface area contributed by atoms with Crippen LogP contribution in [0.15, 0.2) is 0 Å². The Morgan fingerprint density at radius 2 is 1.42 bits per heavy atom. The van der Waals surface area contributed by atoms with Gasteiger partial charge in [-0.2, -0.15) is 0 Å². The number of amides is 1. The van der Waals surface area contributed by atoms with E-state index in [4.69, 9.17) is 0 Å². The molecule has 0 aromatic carbocycles. The first-order valence-corrected chi connectivity index (χ1v) is 8.02. The van der Waals surface area contributed by atoms with E-state index in [9.17, 15) is 4.79 Å². The standard InChI is InChI=1S/C16H30N2O/c1-16(2,3)15(19)18-12-10-17(11-13-18)14-8-6-4-5-7-9-14/h14H,4-13H2,1-3H3. The van der Waals surface area contributed by atoms with E-state index in [1.807, 2.05) is 20.8 Å². The van der Waals surface area contributed by atoms with Crippen molar-refractivity contribution in [2.45, 2.75) is 65.3 Å². The second kappa shape index (κ2) is 6.25. The minimum absolute atomic E-state index is 0.232. The summed E-state index contributed by atoms with van der Waals surface area (Å²) >= 11 is 0. The van der Waals surface area contributed by atoms with E-state index in [1.165, 1.54) is 38.5 Å². The minimum Gasteiger partial charge on any atom is -0.340 e. The topological polar surface area (TPSA) is 23.6 Å². The quantitative estimate of drug-likeness (QED) is 0.681. The zero-order valence-electron chi connectivity index (χ0n) is 13.0. The smallest absolute Gasteiger partial charge is 0.228 e. The van der Waals surface area contributed by atoms with Gasteiger partial charge in [0.2, 0.25) is 5.91 Å². The third kappa shape index (κ3) is 3.95. The van der Waals surface area contributed by atoms with Gasteiger partial charge in [0.05, 0.1) is 0 Å². The Morgan fingerprint density at radius 3 is 1.89 bits per heavy atom. The van der Waals surface area contributed by atoms with Crippen molar-refractivity contribution in [2.24, 2.45) is 5.41 Å². The van der Waals surface area contributed by atoms with Gasteiger partial charge in [0.25, 0.3) is 0 Å². The molecule has 0 unspecified atom stereocenters. The largest absolute Gasteiger partial charge is 0.340 e. The van der Waals surface area contributed by atoms with Crippen molar-refractivity contribution in [1.82, 2.24) is 9.80 Å². The summed E-state index contributed by atoms with van der Waals surface area (Å²) in [5.41, 5.74) is -0.232. The molecule has 1 amide bonds. The summed E-state index contributed by atoms with van der Waals surface area (Å²) in [7, 11) is 0. The zero-order valence-corrected chi connectivity index (χ0v) is 13.0. The molecule has 0 spiro atoms. The summed E-state index contributed by atoms with van der Waals surface area (Å²) in [5, 5.41) is 0. The maximum Gasteiger partial charge on any atom is 0.228 e. The Morgan fingerprint density at radius 1 is 0.895 bits per heavy atom. The number of piperazine rings is 1. The summed E-state index contributed by atoms with van der Waals surface area (Å²) in [6.45, 7) is 10.1. The summed E-state index contributed by atoms with van der Waals surface area (Å²) in [6.07, 6.45) is 8.36. The summed E-state index contributed by atoms with van der Waals surface area (Å²) in [5.74, 6) is 0.313. The van der Waals surface area contributed by atoms with E-state index in [2.05, 4.69) is 9.80 Å². The summed E-state index contributed by atoms with van der Waals surface area (Å²) in [6, 6.07) is 0.786. The first kappa shape index (κ1) is 14.8. The fraction of sp³-hybridized carbons (Fsp3) is 0.938. The summed E-state index contributed by atoms with van der Waals surface area (Å²) in [4.78, 5) is 17.0. The SMILES string of the molecule is CC(C)(C)C(=O)N1CCN(C2CCCCCC2)CC1. The van der Waals surface area contributed by atoms with Gasteiger partial charge in [-0.05, 0) is 12.8 Å². The van der Waals surface area contributed by atoms with Crippen LogP contribution >= 0.6 is 0 Å². The predicted octanol–water partition coefficient (Wildman–Crippen LogP) is 2.90. The average molecular weight is 266 g/mol. The van der Waals surface area contributed by atoms with Crippen LogP contribution in [0.2, 0.25) is 0 Å². The molecular formula is C16H30N2O. The van der Waals surface area contributed by atoms with Crippen LogP contribution in [0.1, 0.15) is 59.3 Å². The molecule has 110 valence electrons. The van der Waals surface area contributed by atoms with Gasteiger partial charge in [0, 0.05) is 37.6 Å². The van der Waals surface area contributed by atoms with Crippen molar-refractivity contribution in [1.29, 1.82) is 0 Å². The number of carbonyl (C=O) groups is 1. The Hall–Kier alpha value is -0.570. The number of rotatable bonds is 1. The molecule has 0 bridgehead atoms. The van der Waals surface area contributed by atoms with E-state index in [1.54, 1.807) is 0 Å². The molecule has 2 aliphatic rings. The Labute approximate surface area is 118 Å². The van der Waals surface area contributed by atoms with Gasteiger partial charge in [0.15, 0.2) is 0 Å². The third-order valence-electron chi connectivity index (χ3n) is 4.58. The van der Waals surface area contributed by atoms with Crippen LogP contribution < -0.4 is 0 Å². The lowest BCUT2D eigenvalue weighted by atomic mass is 9.94. The molecule has 2 rings (SSSR count). The number of hydrogen-bond acceptors (Lipinski definition) is 2. The molecule has 0 radical (unpaired) electrons. The molecule has 3 heteroatoms. The molecule has 2 fully saturated rings. The van der Waals surface area contributed by atoms with Crippen molar-refractivity contribution < 1.29 is 4.79 Å². The highest BCUT2D eigenvalue weighted by atomic mass is 16.2. The van der Waals surface area contributed by atoms with Crippen LogP contribution in [0.4, 0.5) is 0 Å². The molecule has 1 aliphatic carbocycles. The van der Waals surface area contributed by atoms with Crippen molar-refractivity contribution >= 4 is 5.91 Å². The number of carbonyl (C=O) groups excluding carboxylic acids is 1. The van der Waals surface area contributed by atoms with E-state index in [0.29, 0.717) is 5.91 Å². The Bertz CT molecular complexity index is 292. The van der Waals surface area contributed by atoms with Gasteiger partial charge in [0.1, 0.15) is 0 Å². The molecule has 1 saturated carbocycles. The molecule has 1 heterocycles. The predicted molar refractivity (Wildman–Crippen MR) is 79.1 cm³/mol. The zero-order chi connectivity index (χ0) is 13.9. The van der Waals surface area contributed by atoms with Crippen molar-refractivity contribution in [2.75, 3.05) is 26.2 Å². The van der Waals surface area contributed by atoms with Crippen LogP contribution in [-0.4, -0.2) is 47.9 Å². The van der Waals surface area contributed by atoms with Crippen molar-refractivity contribution in [3.63, 3.8) is 0 Å². The lowest BCUT2D eigenvalue weighted by molar-refractivity contribution is -0.141. The monoisotopic (exact) mass is 266 g/mol. The van der Waals surface area contributed by atoms with Crippen molar-refractivity contribution in [3.8, 4) is 0 Å². The van der Waals surface area contributed by atoms with Crippen LogP contribution in [0.3, 0.4) is 0 Å². The molecule has 0 aromatic rings. The van der Waals surface area contributed by atoms with Gasteiger partial charge in [-0.1, -0.05) is 46.5 Å². The third-order valence-corrected chi connectivity index (χ3v) is 4.58. The maximum absolute atomic E-state index is 12.3. The van der Waals surface area contributed by atoms with Gasteiger partial charge in [-0.25, -0.2) is 0 Å². The second-order valence-electron chi connectivity index (χ2n) is 7.22. The Balaban J connectivity index is 1.83. The molecular weight excluding hydrogens is 236 g/mol. The summed E-state index contributed by atoms with van der Waals surface area (Å²) < 4.78 is 0. The molecule has 19 heavy (non-hydrogen) atoms. The molecule has 0 N–H and O–H groups in total. The van der Waals surface area contributed by atoms with Crippen LogP contribution in [0.25, 0.3) is 0 Å². The highest BCUT2D eigenvalue weighted by Crippen LogP contribution is 2.24. The van der Waals surface area contributed by atoms with Crippen LogP contribution in [-0.2, 0) is 4.79 Å². The molecule has 1 saturated heterocycles. The molecule has 1 aliphatic heterocycles. The number of nitrogens with zero attached hydrogens (tertiary/aromatic N) is 2. The van der Waals surface area contributed by atoms with E-state index >= 15 is 0 Å². The lowest BCUT2D eigenvalue weighted by Gasteiger charge is -2.41. The molecule has 0 atom stereocenters. The lowest BCUT2D eigenvalue weighted by Crippen LogP contribution is -2.54. The van der Waals surface area contributed by atoms with Gasteiger partial charge < -0.3 is 4.90 Å². The normalized spacial score (nSPS) is 24.3. The average Bonchev–Trinajstić information content (AvgIpc) is 2.66. The van der Waals surface area contributed by atoms with Gasteiger partial charge >= 0.3 is 0 Å². The van der Waals surface area contributed by atoms with Crippen molar-refractivity contribution in [3.05, 3.63) is 0 Å². The molecule has 0 aromatic heterocycles. The fourth-order valence-corrected chi connectivity index (χ4v) is 3.39. The number of hydrogen-bond donors (Lipinski definition) is 0. The van der Waals surface area contributed by atoms with E-state index in [-0.39, 0.29) is 5.41 Å². The molecule has 3 nitrogen and oxygen atoms in total. The first-order chi connectivity index (χ1) is 8.98. The first-order valence-electron chi connectivity index (χ1n) is 8.02. The van der Waals surface area contributed by atoms with E-state index in [0.717, 1.165) is 32.2 Å². The van der Waals surface area contributed by atoms with Gasteiger partial charge in [-0.15, -0.1) is 0 Å². The van der Waals surface area contributed by atoms with E-state index < -0.39 is 0 Å². The van der Waals surface area contributed by atoms with Gasteiger partial charge in [-0.3, -0.25) is 9.69 Å². The van der Waals surface area contributed by atoms with Crippen LogP contribution in [0.5, 0.6) is 0 Å². The maximum atomic E-state index is 12.3. The fourth-order valence-electron chi connectivity index (χ4n) is 3.39. The second-order valence-corrected chi connectivity index (χ2v) is 7.22.